The Kier molecular flexibility index (Phi) is 11.3. The number of nitrogens with zero attached hydrogens (tertiary/aromatic N) is 2. The number of fused-ring (bicyclic) bond motifs is 8. The number of allylic oxidation sites excluding steroid dienone is 2. The Morgan fingerprint density at radius 1 is 0.968 bits per heavy atom. The van der Waals surface area contributed by atoms with Gasteiger partial charge >= 0.3 is 11.9 Å². The van der Waals surface area contributed by atoms with Gasteiger partial charge < -0.3 is 34.5 Å². The highest BCUT2D eigenvalue weighted by Gasteiger charge is 2.80. The molecule has 8 rings (SSSR count). The number of esters is 2. The van der Waals surface area contributed by atoms with E-state index in [0.717, 1.165) is 21.9 Å². The maximum atomic E-state index is 17.8. The molecule has 1 amide bonds. The van der Waals surface area contributed by atoms with Crippen molar-refractivity contribution >= 4 is 40.1 Å². The first-order valence-electron chi connectivity index (χ1n) is 21.4. The first-order chi connectivity index (χ1) is 29.3. The predicted octanol–water partition coefficient (Wildman–Crippen LogP) is 6.07. The summed E-state index contributed by atoms with van der Waals surface area (Å²) in [6.45, 7) is 6.31. The number of likely N-dealkylation sites (N-methyl/N-ethyl adjacent to an activating group) is 1. The van der Waals surface area contributed by atoms with E-state index in [0.29, 0.717) is 30.5 Å². The van der Waals surface area contributed by atoms with Crippen LogP contribution in [0, 0.1) is 22.7 Å². The monoisotopic (exact) mass is 853 g/mol. The molecule has 62 heavy (non-hydrogen) atoms. The maximum Gasteiger partial charge on any atom is 0.306 e. The molecule has 4 aliphatic carbocycles. The van der Waals surface area contributed by atoms with Gasteiger partial charge in [-0.2, -0.15) is 0 Å². The molecule has 2 unspecified atom stereocenters. The van der Waals surface area contributed by atoms with Crippen molar-refractivity contribution in [2.45, 2.75) is 114 Å². The normalized spacial score (nSPS) is 33.4. The van der Waals surface area contributed by atoms with Crippen LogP contribution in [0.1, 0.15) is 83.4 Å². The number of aliphatic hydroxyl groups excluding tert-OH is 2. The van der Waals surface area contributed by atoms with Gasteiger partial charge in [-0.3, -0.25) is 29.1 Å². The van der Waals surface area contributed by atoms with Crippen molar-refractivity contribution in [2.24, 2.45) is 22.7 Å². The van der Waals surface area contributed by atoms with E-state index >= 15 is 4.39 Å². The lowest BCUT2D eigenvalue weighted by Gasteiger charge is -2.63. The van der Waals surface area contributed by atoms with E-state index in [9.17, 15) is 29.4 Å². The SMILES string of the molecule is CN(C)C(C(=O)Nc1ccc2cnccc2c1)c1ccc(COC(=O)CCC(=O)OCC(=O)[C@@]23OC(C)(C)O[C@@H]2C[C@H]2[C@@H]4CCC5=CC(O)C=C[C@]5(C)[C@@]4(F)[C@@H](O)C[C@@]23C)cc1. The fourth-order valence-electron chi connectivity index (χ4n) is 11.5. The van der Waals surface area contributed by atoms with E-state index < -0.39 is 88.4 Å². The quantitative estimate of drug-likeness (QED) is 0.142. The Morgan fingerprint density at radius 3 is 2.42 bits per heavy atom. The first-order valence-corrected chi connectivity index (χ1v) is 21.4. The molecular formula is C48H56FN3O10. The summed E-state index contributed by atoms with van der Waals surface area (Å²) in [5.41, 5.74) is -3.05. The maximum absolute atomic E-state index is 17.8. The minimum atomic E-state index is -2.06. The van der Waals surface area contributed by atoms with E-state index in [2.05, 4.69) is 10.3 Å². The van der Waals surface area contributed by atoms with Crippen molar-refractivity contribution in [1.82, 2.24) is 9.88 Å². The number of pyridine rings is 1. The molecule has 3 aromatic rings. The van der Waals surface area contributed by atoms with Gasteiger partial charge in [0.05, 0.1) is 31.2 Å². The van der Waals surface area contributed by atoms with E-state index in [1.54, 1.807) is 80.6 Å². The van der Waals surface area contributed by atoms with Crippen LogP contribution in [-0.4, -0.2) is 99.8 Å². The molecule has 3 N–H and O–H groups in total. The number of nitrogens with one attached hydrogen (secondary N) is 1. The highest BCUT2D eigenvalue weighted by molar-refractivity contribution is 5.97. The fraction of sp³-hybridized carbons (Fsp3) is 0.521. The summed E-state index contributed by atoms with van der Waals surface area (Å²) in [5.74, 6) is -4.40. The number of Topliss-reactive ketones (excluding diaryl/α,β-unsaturated/α-hetero) is 1. The second-order valence-corrected chi connectivity index (χ2v) is 18.8. The van der Waals surface area contributed by atoms with Gasteiger partial charge in [0.25, 0.3) is 0 Å². The number of rotatable bonds is 12. The molecule has 10 atom stereocenters. The molecule has 0 spiro atoms. The Bertz CT molecular complexity index is 2330. The Hall–Kier alpha value is -4.86. The van der Waals surface area contributed by atoms with Crippen molar-refractivity contribution in [3.8, 4) is 0 Å². The van der Waals surface area contributed by atoms with Gasteiger partial charge in [-0.15, -0.1) is 0 Å². The Balaban J connectivity index is 0.856. The molecular weight excluding hydrogens is 798 g/mol. The molecule has 5 aliphatic rings. The van der Waals surface area contributed by atoms with Gasteiger partial charge in [0.2, 0.25) is 11.7 Å². The van der Waals surface area contributed by atoms with Crippen molar-refractivity contribution in [3.63, 3.8) is 0 Å². The van der Waals surface area contributed by atoms with Crippen LogP contribution in [0.25, 0.3) is 10.8 Å². The topological polar surface area (TPSA) is 174 Å². The lowest BCUT2D eigenvalue weighted by atomic mass is 9.44. The number of aromatic nitrogens is 1. The van der Waals surface area contributed by atoms with E-state index in [1.165, 1.54) is 0 Å². The predicted molar refractivity (Wildman–Crippen MR) is 226 cm³/mol. The zero-order chi connectivity index (χ0) is 44.4. The first kappa shape index (κ1) is 43.8. The molecule has 2 heterocycles. The molecule has 4 fully saturated rings. The van der Waals surface area contributed by atoms with Crippen LogP contribution in [-0.2, 0) is 44.7 Å². The average molecular weight is 854 g/mol. The minimum absolute atomic E-state index is 0.0593. The summed E-state index contributed by atoms with van der Waals surface area (Å²) < 4.78 is 41.5. The number of hydrogen-bond acceptors (Lipinski definition) is 12. The number of aliphatic hydroxyl groups is 2. The number of amides is 1. The van der Waals surface area contributed by atoms with Gasteiger partial charge in [-0.1, -0.05) is 61.1 Å². The average Bonchev–Trinajstić information content (AvgIpc) is 3.64. The Morgan fingerprint density at radius 2 is 1.69 bits per heavy atom. The van der Waals surface area contributed by atoms with Crippen LogP contribution in [0.2, 0.25) is 0 Å². The third-order valence-corrected chi connectivity index (χ3v) is 14.4. The van der Waals surface area contributed by atoms with Crippen LogP contribution in [0.4, 0.5) is 10.1 Å². The van der Waals surface area contributed by atoms with Crippen LogP contribution < -0.4 is 5.32 Å². The summed E-state index contributed by atoms with van der Waals surface area (Å²) in [7, 11) is 3.63. The molecule has 330 valence electrons. The molecule has 0 radical (unpaired) electrons. The summed E-state index contributed by atoms with van der Waals surface area (Å²) in [6.07, 6.45) is 5.86. The smallest absolute Gasteiger partial charge is 0.306 e. The lowest BCUT2D eigenvalue weighted by molar-refractivity contribution is -0.246. The van der Waals surface area contributed by atoms with Gasteiger partial charge in [-0.25, -0.2) is 4.39 Å². The third kappa shape index (κ3) is 7.27. The number of carbonyl (C=O) groups excluding carboxylic acids is 4. The standard InChI is InChI=1S/C48H56FN3O10/c1-44(2)61-39-23-36-35-14-12-32-22-34(53)17-19-45(32,3)47(35,49)37(54)24-46(36,4)48(39,62-44)38(55)27-60-41(57)16-15-40(56)59-26-28-7-9-29(10-8-28)42(52(5)6)43(58)51-33-13-11-31-25-50-20-18-30(31)21-33/h7-11,13,17-22,25,34-37,39,42,53-54H,12,14-16,23-24,26-27H2,1-6H3,(H,51,58)/t34?,35-,36-,37-,39+,42?,45-,46-,47-,48+/m0/s1. The third-order valence-electron chi connectivity index (χ3n) is 14.4. The summed E-state index contributed by atoms with van der Waals surface area (Å²) in [6, 6.07) is 14.1. The van der Waals surface area contributed by atoms with Gasteiger partial charge in [-0.05, 0) is 101 Å². The number of halogens is 1. The largest absolute Gasteiger partial charge is 0.461 e. The van der Waals surface area contributed by atoms with Crippen molar-refractivity contribution in [2.75, 3.05) is 26.0 Å². The van der Waals surface area contributed by atoms with E-state index in [4.69, 9.17) is 18.9 Å². The molecule has 14 heteroatoms. The minimum Gasteiger partial charge on any atom is -0.461 e. The van der Waals surface area contributed by atoms with Crippen LogP contribution >= 0.6 is 0 Å². The fourth-order valence-corrected chi connectivity index (χ4v) is 11.5. The van der Waals surface area contributed by atoms with Crippen LogP contribution in [0.3, 0.4) is 0 Å². The number of alkyl halides is 1. The molecule has 1 aromatic heterocycles. The van der Waals surface area contributed by atoms with Crippen molar-refractivity contribution < 1.29 is 52.7 Å². The number of carbonyl (C=O) groups is 4. The summed E-state index contributed by atoms with van der Waals surface area (Å²) >= 11 is 0. The second-order valence-electron chi connectivity index (χ2n) is 18.8. The highest BCUT2D eigenvalue weighted by atomic mass is 19.1. The number of ketones is 1. The van der Waals surface area contributed by atoms with E-state index in [1.807, 2.05) is 45.3 Å². The molecule has 13 nitrogen and oxygen atoms in total. The molecule has 1 saturated heterocycles. The number of anilines is 1. The lowest BCUT2D eigenvalue weighted by Crippen LogP contribution is -2.70. The second kappa shape index (κ2) is 16.0. The van der Waals surface area contributed by atoms with Gasteiger partial charge in [0.1, 0.15) is 12.6 Å². The number of hydrogen-bond donors (Lipinski definition) is 3. The summed E-state index contributed by atoms with van der Waals surface area (Å²) in [4.78, 5) is 59.4. The molecule has 3 saturated carbocycles. The van der Waals surface area contributed by atoms with Crippen molar-refractivity contribution in [1.29, 1.82) is 0 Å². The molecule has 0 bridgehead atoms. The van der Waals surface area contributed by atoms with E-state index in [-0.39, 0.29) is 31.8 Å². The summed E-state index contributed by atoms with van der Waals surface area (Å²) in [5, 5.41) is 27.0. The number of benzene rings is 2. The van der Waals surface area contributed by atoms with Crippen LogP contribution in [0.15, 0.2) is 84.7 Å². The highest BCUT2D eigenvalue weighted by Crippen LogP contribution is 2.72. The zero-order valence-corrected chi connectivity index (χ0v) is 36.1. The van der Waals surface area contributed by atoms with Crippen molar-refractivity contribution in [3.05, 3.63) is 95.9 Å². The number of ether oxygens (including phenoxy) is 4. The van der Waals surface area contributed by atoms with Gasteiger partial charge in [0, 0.05) is 40.2 Å². The zero-order valence-electron chi connectivity index (χ0n) is 36.1. The van der Waals surface area contributed by atoms with Gasteiger partial charge in [0.15, 0.2) is 23.7 Å². The van der Waals surface area contributed by atoms with Crippen LogP contribution in [0.5, 0.6) is 0 Å². The molecule has 1 aliphatic heterocycles. The Labute approximate surface area is 360 Å². The molecule has 2 aromatic carbocycles.